The fourth-order valence-electron chi connectivity index (χ4n) is 2.79. The zero-order valence-electron chi connectivity index (χ0n) is 14.2. The molecule has 0 bridgehead atoms. The summed E-state index contributed by atoms with van der Waals surface area (Å²) >= 11 is 0. The summed E-state index contributed by atoms with van der Waals surface area (Å²) in [5.74, 6) is 0.0805. The minimum atomic E-state index is 0.0805. The van der Waals surface area contributed by atoms with Crippen LogP contribution in [0.1, 0.15) is 17.5 Å². The maximum Gasteiger partial charge on any atom is 0.220 e. The summed E-state index contributed by atoms with van der Waals surface area (Å²) in [6.07, 6.45) is 3.24. The van der Waals surface area contributed by atoms with Gasteiger partial charge in [0.15, 0.2) is 0 Å². The van der Waals surface area contributed by atoms with Gasteiger partial charge >= 0.3 is 0 Å². The third kappa shape index (κ3) is 3.77. The highest BCUT2D eigenvalue weighted by Gasteiger charge is 2.06. The van der Waals surface area contributed by atoms with Crippen LogP contribution in [0.4, 0.5) is 5.69 Å². The maximum absolute atomic E-state index is 12.1. The Kier molecular flexibility index (Phi) is 4.85. The summed E-state index contributed by atoms with van der Waals surface area (Å²) in [5.41, 5.74) is 4.58. The number of aromatic amines is 1. The molecule has 1 heterocycles. The van der Waals surface area contributed by atoms with Crippen molar-refractivity contribution in [3.63, 3.8) is 0 Å². The van der Waals surface area contributed by atoms with Gasteiger partial charge in [-0.15, -0.1) is 0 Å². The second-order valence-electron chi connectivity index (χ2n) is 6.20. The Bertz CT molecular complexity index is 818. The number of amides is 1. The van der Waals surface area contributed by atoms with Crippen molar-refractivity contribution in [2.24, 2.45) is 0 Å². The molecule has 3 rings (SSSR count). The van der Waals surface area contributed by atoms with Crippen LogP contribution in [0.25, 0.3) is 10.9 Å². The number of anilines is 1. The van der Waals surface area contributed by atoms with E-state index in [4.69, 9.17) is 0 Å². The number of aromatic nitrogens is 1. The van der Waals surface area contributed by atoms with E-state index in [1.54, 1.807) is 0 Å². The minimum Gasteiger partial charge on any atom is -0.378 e. The number of nitrogens with one attached hydrogen (secondary N) is 2. The first-order valence-electron chi connectivity index (χ1n) is 8.21. The van der Waals surface area contributed by atoms with Crippen molar-refractivity contribution < 1.29 is 4.79 Å². The van der Waals surface area contributed by atoms with E-state index >= 15 is 0 Å². The SMILES string of the molecule is CN(C)c1ccc(CNC(=O)CCc2c[nH]c3ccccc23)cc1. The van der Waals surface area contributed by atoms with Gasteiger partial charge in [0.25, 0.3) is 0 Å². The van der Waals surface area contributed by atoms with Gasteiger partial charge in [0, 0.05) is 49.8 Å². The molecule has 0 aliphatic rings. The number of aryl methyl sites for hydroxylation is 1. The predicted molar refractivity (Wildman–Crippen MR) is 99.2 cm³/mol. The van der Waals surface area contributed by atoms with E-state index in [9.17, 15) is 4.79 Å². The minimum absolute atomic E-state index is 0.0805. The Morgan fingerprint density at radius 3 is 2.58 bits per heavy atom. The second kappa shape index (κ2) is 7.21. The topological polar surface area (TPSA) is 48.1 Å². The molecular formula is C20H23N3O. The first-order valence-corrected chi connectivity index (χ1v) is 8.21. The summed E-state index contributed by atoms with van der Waals surface area (Å²) < 4.78 is 0. The Hall–Kier alpha value is -2.75. The molecule has 3 aromatic rings. The molecule has 1 amide bonds. The van der Waals surface area contributed by atoms with Crippen LogP contribution in [0.15, 0.2) is 54.7 Å². The molecule has 0 aliphatic carbocycles. The summed E-state index contributed by atoms with van der Waals surface area (Å²) in [6.45, 7) is 0.570. The number of hydrogen-bond donors (Lipinski definition) is 2. The van der Waals surface area contributed by atoms with Gasteiger partial charge in [-0.25, -0.2) is 0 Å². The molecule has 0 unspecified atom stereocenters. The number of carbonyl (C=O) groups excluding carboxylic acids is 1. The van der Waals surface area contributed by atoms with Crippen LogP contribution in [-0.2, 0) is 17.8 Å². The molecule has 0 saturated carbocycles. The van der Waals surface area contributed by atoms with Crippen molar-refractivity contribution in [1.82, 2.24) is 10.3 Å². The predicted octanol–water partition coefficient (Wildman–Crippen LogP) is 3.48. The number of fused-ring (bicyclic) bond motifs is 1. The fourth-order valence-corrected chi connectivity index (χ4v) is 2.79. The molecule has 24 heavy (non-hydrogen) atoms. The van der Waals surface area contributed by atoms with Gasteiger partial charge in [0.2, 0.25) is 5.91 Å². The highest BCUT2D eigenvalue weighted by atomic mass is 16.1. The molecular weight excluding hydrogens is 298 g/mol. The Labute approximate surface area is 142 Å². The van der Waals surface area contributed by atoms with Gasteiger partial charge in [-0.2, -0.15) is 0 Å². The monoisotopic (exact) mass is 321 g/mol. The average molecular weight is 321 g/mol. The molecule has 2 aromatic carbocycles. The lowest BCUT2D eigenvalue weighted by Crippen LogP contribution is -2.23. The number of para-hydroxylation sites is 1. The van der Waals surface area contributed by atoms with Crippen LogP contribution in [0, 0.1) is 0 Å². The summed E-state index contributed by atoms with van der Waals surface area (Å²) in [7, 11) is 4.03. The van der Waals surface area contributed by atoms with Crippen LogP contribution in [0.3, 0.4) is 0 Å². The van der Waals surface area contributed by atoms with Crippen LogP contribution in [0.2, 0.25) is 0 Å². The quantitative estimate of drug-likeness (QED) is 0.730. The first kappa shape index (κ1) is 16.1. The molecule has 1 aromatic heterocycles. The van der Waals surface area contributed by atoms with Crippen molar-refractivity contribution in [2.75, 3.05) is 19.0 Å². The third-order valence-corrected chi connectivity index (χ3v) is 4.24. The van der Waals surface area contributed by atoms with E-state index in [2.05, 4.69) is 51.6 Å². The Morgan fingerprint density at radius 2 is 1.83 bits per heavy atom. The Morgan fingerprint density at radius 1 is 1.08 bits per heavy atom. The number of carbonyl (C=O) groups is 1. The molecule has 0 fully saturated rings. The lowest BCUT2D eigenvalue weighted by atomic mass is 10.1. The van der Waals surface area contributed by atoms with Crippen molar-refractivity contribution in [1.29, 1.82) is 0 Å². The molecule has 0 spiro atoms. The molecule has 0 aliphatic heterocycles. The van der Waals surface area contributed by atoms with E-state index in [-0.39, 0.29) is 5.91 Å². The highest BCUT2D eigenvalue weighted by Crippen LogP contribution is 2.19. The molecule has 0 saturated heterocycles. The van der Waals surface area contributed by atoms with Gasteiger partial charge in [0.05, 0.1) is 0 Å². The number of benzene rings is 2. The highest BCUT2D eigenvalue weighted by molar-refractivity contribution is 5.84. The lowest BCUT2D eigenvalue weighted by Gasteiger charge is -2.13. The third-order valence-electron chi connectivity index (χ3n) is 4.24. The van der Waals surface area contributed by atoms with Crippen LogP contribution in [0.5, 0.6) is 0 Å². The number of rotatable bonds is 6. The summed E-state index contributed by atoms with van der Waals surface area (Å²) in [5, 5.41) is 4.19. The molecule has 4 nitrogen and oxygen atoms in total. The number of H-pyrrole nitrogens is 1. The van der Waals surface area contributed by atoms with E-state index < -0.39 is 0 Å². The van der Waals surface area contributed by atoms with E-state index in [1.165, 1.54) is 10.9 Å². The molecule has 0 atom stereocenters. The molecule has 2 N–H and O–H groups in total. The number of nitrogens with zero attached hydrogens (tertiary/aromatic N) is 1. The zero-order chi connectivity index (χ0) is 16.9. The second-order valence-corrected chi connectivity index (χ2v) is 6.20. The van der Waals surface area contributed by atoms with Crippen LogP contribution >= 0.6 is 0 Å². The van der Waals surface area contributed by atoms with Gasteiger partial charge in [0.1, 0.15) is 0 Å². The van der Waals surface area contributed by atoms with Crippen molar-refractivity contribution >= 4 is 22.5 Å². The Balaban J connectivity index is 1.51. The van der Waals surface area contributed by atoms with Crippen LogP contribution < -0.4 is 10.2 Å². The standard InChI is InChI=1S/C20H23N3O/c1-23(2)17-10-7-15(8-11-17)13-22-20(24)12-9-16-14-21-19-6-4-3-5-18(16)19/h3-8,10-11,14,21H,9,12-13H2,1-2H3,(H,22,24). The summed E-state index contributed by atoms with van der Waals surface area (Å²) in [6, 6.07) is 16.4. The molecule has 0 radical (unpaired) electrons. The van der Waals surface area contributed by atoms with Crippen LogP contribution in [-0.4, -0.2) is 25.0 Å². The largest absolute Gasteiger partial charge is 0.378 e. The molecule has 4 heteroatoms. The van der Waals surface area contributed by atoms with Crippen molar-refractivity contribution in [3.05, 3.63) is 65.9 Å². The maximum atomic E-state index is 12.1. The average Bonchev–Trinajstić information content (AvgIpc) is 3.01. The van der Waals surface area contributed by atoms with Gasteiger partial charge in [-0.3, -0.25) is 4.79 Å². The normalized spacial score (nSPS) is 10.8. The van der Waals surface area contributed by atoms with Crippen molar-refractivity contribution in [2.45, 2.75) is 19.4 Å². The molecule has 124 valence electrons. The lowest BCUT2D eigenvalue weighted by molar-refractivity contribution is -0.121. The van der Waals surface area contributed by atoms with E-state index in [0.717, 1.165) is 23.2 Å². The first-order chi connectivity index (χ1) is 11.6. The summed E-state index contributed by atoms with van der Waals surface area (Å²) in [4.78, 5) is 17.4. The number of hydrogen-bond acceptors (Lipinski definition) is 2. The smallest absolute Gasteiger partial charge is 0.220 e. The van der Waals surface area contributed by atoms with Gasteiger partial charge < -0.3 is 15.2 Å². The fraction of sp³-hybridized carbons (Fsp3) is 0.250. The van der Waals surface area contributed by atoms with Crippen molar-refractivity contribution in [3.8, 4) is 0 Å². The van der Waals surface area contributed by atoms with Gasteiger partial charge in [-0.1, -0.05) is 30.3 Å². The van der Waals surface area contributed by atoms with Gasteiger partial charge in [-0.05, 0) is 35.7 Å². The zero-order valence-corrected chi connectivity index (χ0v) is 14.2. The van der Waals surface area contributed by atoms with E-state index in [1.807, 2.05) is 32.4 Å². The van der Waals surface area contributed by atoms with E-state index in [0.29, 0.717) is 13.0 Å².